The Morgan fingerprint density at radius 2 is 2.08 bits per heavy atom. The van der Waals surface area contributed by atoms with Crippen LogP contribution in [0.4, 0.5) is 0 Å². The third kappa shape index (κ3) is 6.43. The van der Waals surface area contributed by atoms with Crippen LogP contribution in [0, 0.1) is 0 Å². The molecule has 74 valence electrons. The fourth-order valence-electron chi connectivity index (χ4n) is 0.791. The summed E-state index contributed by atoms with van der Waals surface area (Å²) >= 11 is 0. The average Bonchev–Trinajstić information content (AvgIpc) is 2.00. The van der Waals surface area contributed by atoms with Gasteiger partial charge in [-0.25, -0.2) is 0 Å². The molecule has 0 heterocycles. The van der Waals surface area contributed by atoms with Crippen LogP contribution in [0.1, 0.15) is 33.1 Å². The van der Waals surface area contributed by atoms with Crippen molar-refractivity contribution in [3.8, 4) is 0 Å². The normalized spacial score (nSPS) is 11.6. The van der Waals surface area contributed by atoms with E-state index in [1.165, 1.54) is 0 Å². The highest BCUT2D eigenvalue weighted by molar-refractivity contribution is 5.85. The lowest BCUT2D eigenvalue weighted by Crippen LogP contribution is -2.32. The third-order valence-electron chi connectivity index (χ3n) is 1.46. The van der Waals surface area contributed by atoms with E-state index in [1.807, 2.05) is 0 Å². The van der Waals surface area contributed by atoms with Crippen molar-refractivity contribution in [3.05, 3.63) is 0 Å². The van der Waals surface area contributed by atoms with Crippen molar-refractivity contribution in [3.63, 3.8) is 0 Å². The Balaban J connectivity index is 0. The second-order valence-corrected chi connectivity index (χ2v) is 2.50. The van der Waals surface area contributed by atoms with Crippen LogP contribution in [-0.2, 0) is 9.53 Å². The lowest BCUT2D eigenvalue weighted by atomic mass is 10.1. The van der Waals surface area contributed by atoms with E-state index in [1.54, 1.807) is 6.92 Å². The lowest BCUT2D eigenvalue weighted by Gasteiger charge is -2.08. The summed E-state index contributed by atoms with van der Waals surface area (Å²) in [5.74, 6) is -0.277. The standard InChI is InChI=1S/C8H17NO2.ClH/c1-3-5-6-7(9)8(10)11-4-2;/h7H,3-6,9H2,1-2H3;1H/t7-;/m1./s1. The molecule has 0 saturated carbocycles. The number of carbonyl (C=O) groups excluding carboxylic acids is 1. The molecule has 0 saturated heterocycles. The van der Waals surface area contributed by atoms with Crippen molar-refractivity contribution in [2.24, 2.45) is 5.73 Å². The van der Waals surface area contributed by atoms with Crippen molar-refractivity contribution in [1.82, 2.24) is 0 Å². The number of hydrogen-bond acceptors (Lipinski definition) is 3. The van der Waals surface area contributed by atoms with Crippen molar-refractivity contribution in [1.29, 1.82) is 0 Å². The third-order valence-corrected chi connectivity index (χ3v) is 1.46. The molecule has 0 aromatic heterocycles. The van der Waals surface area contributed by atoms with E-state index in [0.717, 1.165) is 19.3 Å². The van der Waals surface area contributed by atoms with E-state index in [9.17, 15) is 4.79 Å². The zero-order chi connectivity index (χ0) is 8.69. The van der Waals surface area contributed by atoms with E-state index in [4.69, 9.17) is 10.5 Å². The first kappa shape index (κ1) is 14.3. The monoisotopic (exact) mass is 195 g/mol. The quantitative estimate of drug-likeness (QED) is 0.677. The summed E-state index contributed by atoms with van der Waals surface area (Å²) in [6, 6.07) is -0.421. The van der Waals surface area contributed by atoms with Gasteiger partial charge in [-0.2, -0.15) is 0 Å². The SMILES string of the molecule is CCCC[C@@H](N)C(=O)OCC.Cl. The maximum absolute atomic E-state index is 10.9. The number of nitrogens with two attached hydrogens (primary N) is 1. The van der Waals surface area contributed by atoms with Gasteiger partial charge < -0.3 is 10.5 Å². The van der Waals surface area contributed by atoms with E-state index in [0.29, 0.717) is 6.61 Å². The fourth-order valence-corrected chi connectivity index (χ4v) is 0.791. The van der Waals surface area contributed by atoms with Crippen LogP contribution in [0.15, 0.2) is 0 Å². The molecule has 0 fully saturated rings. The van der Waals surface area contributed by atoms with Crippen LogP contribution in [0.25, 0.3) is 0 Å². The van der Waals surface area contributed by atoms with E-state index in [-0.39, 0.29) is 18.4 Å². The van der Waals surface area contributed by atoms with Gasteiger partial charge in [-0.05, 0) is 13.3 Å². The predicted octanol–water partition coefficient (Wildman–Crippen LogP) is 1.49. The molecule has 0 radical (unpaired) electrons. The highest BCUT2D eigenvalue weighted by atomic mass is 35.5. The molecule has 0 amide bonds. The number of carbonyl (C=O) groups is 1. The zero-order valence-corrected chi connectivity index (χ0v) is 8.52. The lowest BCUT2D eigenvalue weighted by molar-refractivity contribution is -0.144. The summed E-state index contributed by atoms with van der Waals surface area (Å²) in [5.41, 5.74) is 5.51. The van der Waals surface area contributed by atoms with Crippen LogP contribution in [0.5, 0.6) is 0 Å². The topological polar surface area (TPSA) is 52.3 Å². The Hall–Kier alpha value is -0.280. The summed E-state index contributed by atoms with van der Waals surface area (Å²) in [5, 5.41) is 0. The predicted molar refractivity (Wildman–Crippen MR) is 51.4 cm³/mol. The minimum atomic E-state index is -0.421. The summed E-state index contributed by atoms with van der Waals surface area (Å²) < 4.78 is 4.74. The Bertz CT molecular complexity index is 120. The molecule has 1 atom stereocenters. The minimum Gasteiger partial charge on any atom is -0.465 e. The molecule has 0 bridgehead atoms. The second kappa shape index (κ2) is 8.81. The molecule has 3 nitrogen and oxygen atoms in total. The fraction of sp³-hybridized carbons (Fsp3) is 0.875. The zero-order valence-electron chi connectivity index (χ0n) is 7.71. The van der Waals surface area contributed by atoms with Crippen molar-refractivity contribution < 1.29 is 9.53 Å². The van der Waals surface area contributed by atoms with Gasteiger partial charge in [0.25, 0.3) is 0 Å². The Labute approximate surface area is 80.1 Å². The highest BCUT2D eigenvalue weighted by Crippen LogP contribution is 1.99. The van der Waals surface area contributed by atoms with Gasteiger partial charge in [0.15, 0.2) is 0 Å². The van der Waals surface area contributed by atoms with Crippen LogP contribution >= 0.6 is 12.4 Å². The van der Waals surface area contributed by atoms with E-state index in [2.05, 4.69) is 6.92 Å². The minimum absolute atomic E-state index is 0. The second-order valence-electron chi connectivity index (χ2n) is 2.50. The number of esters is 1. The van der Waals surface area contributed by atoms with Gasteiger partial charge in [0, 0.05) is 0 Å². The molecule has 0 aromatic rings. The first-order valence-electron chi connectivity index (χ1n) is 4.14. The van der Waals surface area contributed by atoms with E-state index >= 15 is 0 Å². The number of halogens is 1. The first-order chi connectivity index (χ1) is 5.22. The van der Waals surface area contributed by atoms with Crippen LogP contribution in [0.3, 0.4) is 0 Å². The Kier molecular flexibility index (Phi) is 10.5. The van der Waals surface area contributed by atoms with Crippen LogP contribution in [-0.4, -0.2) is 18.6 Å². The molecule has 0 unspecified atom stereocenters. The molecule has 0 aliphatic rings. The van der Waals surface area contributed by atoms with Crippen molar-refractivity contribution >= 4 is 18.4 Å². The molecule has 4 heteroatoms. The number of ether oxygens (including phenoxy) is 1. The summed E-state index contributed by atoms with van der Waals surface area (Å²) in [4.78, 5) is 10.9. The number of hydrogen-bond donors (Lipinski definition) is 1. The van der Waals surface area contributed by atoms with Gasteiger partial charge in [0.2, 0.25) is 0 Å². The first-order valence-corrected chi connectivity index (χ1v) is 4.14. The smallest absolute Gasteiger partial charge is 0.322 e. The molecule has 12 heavy (non-hydrogen) atoms. The number of rotatable bonds is 5. The highest BCUT2D eigenvalue weighted by Gasteiger charge is 2.12. The molecule has 0 rings (SSSR count). The molecule has 0 spiro atoms. The summed E-state index contributed by atoms with van der Waals surface area (Å²) in [6.07, 6.45) is 2.78. The van der Waals surface area contributed by atoms with Crippen LogP contribution < -0.4 is 5.73 Å². The molecular weight excluding hydrogens is 178 g/mol. The van der Waals surface area contributed by atoms with Gasteiger partial charge in [-0.1, -0.05) is 19.8 Å². The number of unbranched alkanes of at least 4 members (excludes halogenated alkanes) is 1. The maximum atomic E-state index is 10.9. The van der Waals surface area contributed by atoms with Gasteiger partial charge in [0.05, 0.1) is 6.61 Å². The Morgan fingerprint density at radius 3 is 2.50 bits per heavy atom. The van der Waals surface area contributed by atoms with Gasteiger partial charge >= 0.3 is 5.97 Å². The molecular formula is C8H18ClNO2. The summed E-state index contributed by atoms with van der Waals surface area (Å²) in [7, 11) is 0. The molecule has 0 aliphatic heterocycles. The summed E-state index contributed by atoms with van der Waals surface area (Å²) in [6.45, 7) is 4.26. The molecule has 0 aromatic carbocycles. The van der Waals surface area contributed by atoms with Gasteiger partial charge in [0.1, 0.15) is 6.04 Å². The van der Waals surface area contributed by atoms with Gasteiger partial charge in [-0.3, -0.25) is 4.79 Å². The molecule has 0 aliphatic carbocycles. The van der Waals surface area contributed by atoms with Crippen molar-refractivity contribution in [2.45, 2.75) is 39.2 Å². The van der Waals surface area contributed by atoms with Crippen molar-refractivity contribution in [2.75, 3.05) is 6.61 Å². The molecule has 2 N–H and O–H groups in total. The largest absolute Gasteiger partial charge is 0.465 e. The average molecular weight is 196 g/mol. The maximum Gasteiger partial charge on any atom is 0.322 e. The van der Waals surface area contributed by atoms with Gasteiger partial charge in [-0.15, -0.1) is 12.4 Å². The Morgan fingerprint density at radius 1 is 1.50 bits per heavy atom. The van der Waals surface area contributed by atoms with Crippen LogP contribution in [0.2, 0.25) is 0 Å². The van der Waals surface area contributed by atoms with E-state index < -0.39 is 6.04 Å².